The van der Waals surface area contributed by atoms with Crippen molar-refractivity contribution in [1.82, 2.24) is 24.7 Å². The number of hydrogen-bond acceptors (Lipinski definition) is 6. The maximum absolute atomic E-state index is 13.9. The Labute approximate surface area is 187 Å². The van der Waals surface area contributed by atoms with Gasteiger partial charge >= 0.3 is 0 Å². The van der Waals surface area contributed by atoms with E-state index in [1.165, 1.54) is 19.4 Å². The summed E-state index contributed by atoms with van der Waals surface area (Å²) in [5, 5.41) is 8.14. The van der Waals surface area contributed by atoms with Crippen LogP contribution in [0.1, 0.15) is 52.8 Å². The Bertz CT molecular complexity index is 1330. The second-order valence-electron chi connectivity index (χ2n) is 7.88. The number of aromatic nitrogens is 4. The van der Waals surface area contributed by atoms with Gasteiger partial charge in [0, 0.05) is 18.2 Å². The SMILES string of the molecule is COc1ccccc1-c1cc(C(F)F)n2ncc(C(=O)N3CCCC3c3cc(C)on3)c2n1. The van der Waals surface area contributed by atoms with Gasteiger partial charge in [-0.25, -0.2) is 18.3 Å². The predicted octanol–water partition coefficient (Wildman–Crippen LogP) is 4.62. The van der Waals surface area contributed by atoms with Crippen molar-refractivity contribution in [2.75, 3.05) is 13.7 Å². The molecule has 170 valence electrons. The lowest BCUT2D eigenvalue weighted by atomic mass is 10.1. The molecule has 33 heavy (non-hydrogen) atoms. The number of likely N-dealkylation sites (tertiary alicyclic amines) is 1. The molecule has 1 saturated heterocycles. The number of fused-ring (bicyclic) bond motifs is 1. The standard InChI is InChI=1S/C23H21F2N5O3/c1-13-10-17(28-33-13)18-7-5-9-29(18)23(31)15-12-26-30-19(21(24)25)11-16(27-22(15)30)14-6-3-4-8-20(14)32-2/h3-4,6,8,10-12,18,21H,5,7,9H2,1-2H3. The van der Waals surface area contributed by atoms with E-state index >= 15 is 0 Å². The Balaban J connectivity index is 1.62. The second kappa shape index (κ2) is 8.27. The summed E-state index contributed by atoms with van der Waals surface area (Å²) in [5.74, 6) is 0.811. The third-order valence-corrected chi connectivity index (χ3v) is 5.84. The summed E-state index contributed by atoms with van der Waals surface area (Å²) < 4.78 is 39.5. The molecule has 0 radical (unpaired) electrons. The molecule has 0 aliphatic carbocycles. The van der Waals surface area contributed by atoms with Gasteiger partial charge in [0.1, 0.15) is 28.5 Å². The Hall–Kier alpha value is -3.82. The monoisotopic (exact) mass is 453 g/mol. The number of aryl methyl sites for hydroxylation is 1. The highest BCUT2D eigenvalue weighted by molar-refractivity contribution is 6.00. The molecule has 0 spiro atoms. The quantitative estimate of drug-likeness (QED) is 0.439. The van der Waals surface area contributed by atoms with Crippen LogP contribution in [-0.2, 0) is 0 Å². The third kappa shape index (κ3) is 3.61. The zero-order valence-electron chi connectivity index (χ0n) is 18.0. The minimum Gasteiger partial charge on any atom is -0.496 e. The summed E-state index contributed by atoms with van der Waals surface area (Å²) >= 11 is 0. The first kappa shape index (κ1) is 21.0. The largest absolute Gasteiger partial charge is 0.496 e. The zero-order valence-corrected chi connectivity index (χ0v) is 18.0. The molecule has 5 rings (SSSR count). The van der Waals surface area contributed by atoms with E-state index in [2.05, 4.69) is 15.2 Å². The van der Waals surface area contributed by atoms with Gasteiger partial charge in [-0.15, -0.1) is 0 Å². The molecule has 4 heterocycles. The minimum absolute atomic E-state index is 0.0701. The number of para-hydroxylation sites is 1. The second-order valence-corrected chi connectivity index (χ2v) is 7.88. The molecule has 8 nitrogen and oxygen atoms in total. The number of hydrogen-bond donors (Lipinski definition) is 0. The molecular weight excluding hydrogens is 432 g/mol. The zero-order chi connectivity index (χ0) is 23.1. The van der Waals surface area contributed by atoms with Gasteiger partial charge in [-0.2, -0.15) is 5.10 Å². The van der Waals surface area contributed by atoms with Gasteiger partial charge < -0.3 is 14.2 Å². The van der Waals surface area contributed by atoms with Gasteiger partial charge in [-0.3, -0.25) is 4.79 Å². The lowest BCUT2D eigenvalue weighted by Crippen LogP contribution is -2.30. The number of methoxy groups -OCH3 is 1. The molecule has 0 bridgehead atoms. The smallest absolute Gasteiger partial charge is 0.280 e. The van der Waals surface area contributed by atoms with E-state index in [9.17, 15) is 13.6 Å². The van der Waals surface area contributed by atoms with Crippen LogP contribution in [0.15, 0.2) is 47.1 Å². The number of carbonyl (C=O) groups is 1. The van der Waals surface area contributed by atoms with Crippen LogP contribution >= 0.6 is 0 Å². The molecule has 1 amide bonds. The Kier molecular flexibility index (Phi) is 5.27. The molecule has 3 aromatic heterocycles. The van der Waals surface area contributed by atoms with Gasteiger partial charge in [0.25, 0.3) is 12.3 Å². The van der Waals surface area contributed by atoms with E-state index in [1.54, 1.807) is 42.2 Å². The van der Waals surface area contributed by atoms with Crippen molar-refractivity contribution in [2.45, 2.75) is 32.2 Å². The highest BCUT2D eigenvalue weighted by Gasteiger charge is 2.34. The highest BCUT2D eigenvalue weighted by Crippen LogP contribution is 2.35. The van der Waals surface area contributed by atoms with Gasteiger partial charge in [-0.05, 0) is 38.0 Å². The lowest BCUT2D eigenvalue weighted by molar-refractivity contribution is 0.0732. The van der Waals surface area contributed by atoms with Crippen molar-refractivity contribution in [3.05, 3.63) is 65.3 Å². The van der Waals surface area contributed by atoms with E-state index in [0.717, 1.165) is 17.4 Å². The molecular formula is C23H21F2N5O3. The Morgan fingerprint density at radius 3 is 2.82 bits per heavy atom. The van der Waals surface area contributed by atoms with E-state index in [4.69, 9.17) is 9.26 Å². The number of halogens is 2. The fourth-order valence-electron chi connectivity index (χ4n) is 4.30. The van der Waals surface area contributed by atoms with Crippen molar-refractivity contribution in [3.63, 3.8) is 0 Å². The number of ether oxygens (including phenoxy) is 1. The lowest BCUT2D eigenvalue weighted by Gasteiger charge is -2.22. The van der Waals surface area contributed by atoms with Crippen molar-refractivity contribution < 1.29 is 22.8 Å². The van der Waals surface area contributed by atoms with E-state index < -0.39 is 6.43 Å². The summed E-state index contributed by atoms with van der Waals surface area (Å²) in [6, 6.07) is 9.82. The van der Waals surface area contributed by atoms with Crippen LogP contribution in [0, 0.1) is 6.92 Å². The fourth-order valence-corrected chi connectivity index (χ4v) is 4.30. The summed E-state index contributed by atoms with van der Waals surface area (Å²) in [7, 11) is 1.50. The number of nitrogens with zero attached hydrogens (tertiary/aromatic N) is 5. The fraction of sp³-hybridized carbons (Fsp3) is 0.304. The van der Waals surface area contributed by atoms with Gasteiger partial charge in [0.2, 0.25) is 0 Å². The molecule has 10 heteroatoms. The van der Waals surface area contributed by atoms with Crippen molar-refractivity contribution in [2.24, 2.45) is 0 Å². The molecule has 1 unspecified atom stereocenters. The number of carbonyl (C=O) groups excluding carboxylic acids is 1. The molecule has 1 aliphatic rings. The topological polar surface area (TPSA) is 85.8 Å². The van der Waals surface area contributed by atoms with Crippen LogP contribution in [0.25, 0.3) is 16.9 Å². The number of benzene rings is 1. The average molecular weight is 453 g/mol. The number of amides is 1. The molecule has 1 aromatic carbocycles. The van der Waals surface area contributed by atoms with Crippen LogP contribution in [0.3, 0.4) is 0 Å². The predicted molar refractivity (Wildman–Crippen MR) is 114 cm³/mol. The number of rotatable bonds is 5. The maximum Gasteiger partial charge on any atom is 0.280 e. The van der Waals surface area contributed by atoms with Gasteiger partial charge in [0.15, 0.2) is 5.65 Å². The highest BCUT2D eigenvalue weighted by atomic mass is 19.3. The summed E-state index contributed by atoms with van der Waals surface area (Å²) in [4.78, 5) is 19.8. The molecule has 1 atom stereocenters. The summed E-state index contributed by atoms with van der Waals surface area (Å²) in [6.45, 7) is 2.30. The Morgan fingerprint density at radius 1 is 1.27 bits per heavy atom. The van der Waals surface area contributed by atoms with Crippen LogP contribution < -0.4 is 4.74 Å². The summed E-state index contributed by atoms with van der Waals surface area (Å²) in [6.07, 6.45) is 0.0128. The van der Waals surface area contributed by atoms with Crippen LogP contribution in [-0.4, -0.2) is 44.2 Å². The molecule has 0 N–H and O–H groups in total. The first-order valence-electron chi connectivity index (χ1n) is 10.5. The first-order valence-corrected chi connectivity index (χ1v) is 10.5. The van der Waals surface area contributed by atoms with Crippen LogP contribution in [0.2, 0.25) is 0 Å². The molecule has 1 aliphatic heterocycles. The van der Waals surface area contributed by atoms with E-state index in [1.807, 2.05) is 0 Å². The maximum atomic E-state index is 13.9. The van der Waals surface area contributed by atoms with Crippen LogP contribution in [0.4, 0.5) is 8.78 Å². The summed E-state index contributed by atoms with van der Waals surface area (Å²) in [5.41, 5.74) is 1.35. The first-order chi connectivity index (χ1) is 16.0. The average Bonchev–Trinajstić information content (AvgIpc) is 3.57. The normalized spacial score (nSPS) is 16.2. The van der Waals surface area contributed by atoms with Crippen LogP contribution in [0.5, 0.6) is 5.75 Å². The van der Waals surface area contributed by atoms with Gasteiger partial charge in [-0.1, -0.05) is 17.3 Å². The number of alkyl halides is 2. The van der Waals surface area contributed by atoms with Crippen molar-refractivity contribution in [1.29, 1.82) is 0 Å². The van der Waals surface area contributed by atoms with Crippen molar-refractivity contribution >= 4 is 11.6 Å². The van der Waals surface area contributed by atoms with E-state index in [0.29, 0.717) is 29.3 Å². The Morgan fingerprint density at radius 2 is 2.09 bits per heavy atom. The third-order valence-electron chi connectivity index (χ3n) is 5.84. The van der Waals surface area contributed by atoms with Gasteiger partial charge in [0.05, 0.1) is 25.0 Å². The van der Waals surface area contributed by atoms with E-state index in [-0.39, 0.29) is 34.5 Å². The minimum atomic E-state index is -2.82. The molecule has 4 aromatic rings. The molecule has 0 saturated carbocycles. The molecule has 1 fully saturated rings. The van der Waals surface area contributed by atoms with Crippen molar-refractivity contribution in [3.8, 4) is 17.0 Å².